The minimum atomic E-state index is -1.10. The third kappa shape index (κ3) is 2.72. The fraction of sp³-hybridized carbons (Fsp3) is 0.294. The second kappa shape index (κ2) is 6.42. The third-order valence-electron chi connectivity index (χ3n) is 3.73. The van der Waals surface area contributed by atoms with Crippen LogP contribution in [0.15, 0.2) is 58.3 Å². The molecule has 1 heterocycles. The first kappa shape index (κ1) is 14.9. The van der Waals surface area contributed by atoms with Crippen molar-refractivity contribution in [3.05, 3.63) is 48.5 Å². The Morgan fingerprint density at radius 3 is 2.10 bits per heavy atom. The highest BCUT2D eigenvalue weighted by atomic mass is 79.9. The number of fused-ring (bicyclic) bond motifs is 2. The maximum atomic E-state index is 12.8. The average Bonchev–Trinajstić information content (AvgIpc) is 2.53. The number of unbranched alkanes of at least 4 members (excludes halogenated alkanes) is 1. The lowest BCUT2D eigenvalue weighted by Gasteiger charge is -2.36. The molecular weight excluding hydrogens is 346 g/mol. The summed E-state index contributed by atoms with van der Waals surface area (Å²) in [6.07, 6.45) is 3.40. The number of nitrogens with zero attached hydrogens (tertiary/aromatic N) is 1. The van der Waals surface area contributed by atoms with E-state index in [4.69, 9.17) is 0 Å². The molecule has 2 aromatic carbocycles. The molecule has 0 aromatic heterocycles. The van der Waals surface area contributed by atoms with E-state index in [2.05, 4.69) is 39.9 Å². The van der Waals surface area contributed by atoms with Crippen molar-refractivity contribution < 1.29 is 4.55 Å². The fourth-order valence-electron chi connectivity index (χ4n) is 2.68. The summed E-state index contributed by atoms with van der Waals surface area (Å²) in [6.45, 7) is 2.20. The molecule has 4 heteroatoms. The summed E-state index contributed by atoms with van der Waals surface area (Å²) in [6, 6.07) is 16.0. The number of halogens is 1. The Bertz CT molecular complexity index is 586. The van der Waals surface area contributed by atoms with Crippen LogP contribution in [-0.4, -0.2) is 9.50 Å². The second-order valence-corrected chi connectivity index (χ2v) is 7.62. The molecule has 0 radical (unpaired) electrons. The summed E-state index contributed by atoms with van der Waals surface area (Å²) in [5.74, 6) is 0. The van der Waals surface area contributed by atoms with E-state index in [0.717, 1.165) is 27.6 Å². The van der Waals surface area contributed by atoms with E-state index in [9.17, 15) is 4.55 Å². The monoisotopic (exact) mass is 363 g/mol. The number of alkyl halides is 1. The first-order valence-electron chi connectivity index (χ1n) is 7.27. The van der Waals surface area contributed by atoms with Crippen LogP contribution < -0.4 is 4.90 Å². The van der Waals surface area contributed by atoms with Gasteiger partial charge in [-0.05, 0) is 30.7 Å². The molecule has 1 aliphatic rings. The van der Waals surface area contributed by atoms with Gasteiger partial charge in [0.15, 0.2) is 9.79 Å². The highest BCUT2D eigenvalue weighted by Crippen LogP contribution is 2.46. The summed E-state index contributed by atoms with van der Waals surface area (Å²) < 4.78 is 12.8. The second-order valence-electron chi connectivity index (χ2n) is 5.15. The van der Waals surface area contributed by atoms with Gasteiger partial charge >= 0.3 is 0 Å². The Labute approximate surface area is 137 Å². The lowest BCUT2D eigenvalue weighted by Crippen LogP contribution is -2.31. The highest BCUT2D eigenvalue weighted by molar-refractivity contribution is 9.09. The Kier molecular flexibility index (Phi) is 4.57. The molecule has 0 spiro atoms. The normalized spacial score (nSPS) is 15.5. The Hall–Kier alpha value is -0.970. The molecule has 2 nitrogen and oxygen atoms in total. The minimum Gasteiger partial charge on any atom is -0.606 e. The lowest BCUT2D eigenvalue weighted by atomic mass is 10.2. The summed E-state index contributed by atoms with van der Waals surface area (Å²) in [5.41, 5.74) is 2.10. The SMILES string of the molecule is CCCCC(Br)N1c2ccccc2[S+]([O-])c2ccccc21. The van der Waals surface area contributed by atoms with Crippen LogP contribution in [0.4, 0.5) is 11.4 Å². The van der Waals surface area contributed by atoms with Gasteiger partial charge in [0.25, 0.3) is 0 Å². The summed E-state index contributed by atoms with van der Waals surface area (Å²) in [5, 5.41) is 0. The van der Waals surface area contributed by atoms with Crippen molar-refractivity contribution in [2.24, 2.45) is 0 Å². The van der Waals surface area contributed by atoms with Crippen molar-refractivity contribution in [3.63, 3.8) is 0 Å². The van der Waals surface area contributed by atoms with Gasteiger partial charge in [-0.25, -0.2) is 0 Å². The van der Waals surface area contributed by atoms with E-state index in [1.165, 1.54) is 12.8 Å². The maximum absolute atomic E-state index is 12.8. The molecule has 0 saturated heterocycles. The van der Waals surface area contributed by atoms with Crippen molar-refractivity contribution in [3.8, 4) is 0 Å². The smallest absolute Gasteiger partial charge is 0.182 e. The fourth-order valence-corrected chi connectivity index (χ4v) is 4.80. The number of hydrogen-bond acceptors (Lipinski definition) is 2. The predicted molar refractivity (Wildman–Crippen MR) is 91.9 cm³/mol. The molecule has 21 heavy (non-hydrogen) atoms. The van der Waals surface area contributed by atoms with Crippen LogP contribution in [-0.2, 0) is 11.2 Å². The van der Waals surface area contributed by atoms with Crippen LogP contribution in [0.25, 0.3) is 0 Å². The van der Waals surface area contributed by atoms with Crippen molar-refractivity contribution in [2.45, 2.75) is 40.9 Å². The van der Waals surface area contributed by atoms with Crippen LogP contribution in [0.5, 0.6) is 0 Å². The molecule has 3 rings (SSSR count). The van der Waals surface area contributed by atoms with Crippen molar-refractivity contribution in [2.75, 3.05) is 4.90 Å². The largest absolute Gasteiger partial charge is 0.606 e. The van der Waals surface area contributed by atoms with Gasteiger partial charge in [-0.2, -0.15) is 0 Å². The molecule has 0 N–H and O–H groups in total. The molecule has 2 aromatic rings. The van der Waals surface area contributed by atoms with Gasteiger partial charge in [0.05, 0.1) is 16.3 Å². The van der Waals surface area contributed by atoms with Gasteiger partial charge in [-0.15, -0.1) is 0 Å². The van der Waals surface area contributed by atoms with Gasteiger partial charge in [-0.3, -0.25) is 0 Å². The molecule has 0 aliphatic carbocycles. The van der Waals surface area contributed by atoms with Crippen LogP contribution in [0.3, 0.4) is 0 Å². The van der Waals surface area contributed by atoms with Crippen LogP contribution >= 0.6 is 15.9 Å². The lowest BCUT2D eigenvalue weighted by molar-refractivity contribution is 0.591. The minimum absolute atomic E-state index is 0.219. The molecule has 0 bridgehead atoms. The molecule has 0 fully saturated rings. The zero-order valence-corrected chi connectivity index (χ0v) is 14.4. The standard InChI is InChI=1S/C17H18BrNOS/c1-2-3-12-17(18)19-13-8-4-6-10-15(13)21(20)16-11-7-5-9-14(16)19/h4-11,17H,2-3,12H2,1H3. The van der Waals surface area contributed by atoms with E-state index in [-0.39, 0.29) is 4.95 Å². The summed E-state index contributed by atoms with van der Waals surface area (Å²) in [4.78, 5) is 4.30. The Morgan fingerprint density at radius 2 is 1.57 bits per heavy atom. The molecule has 1 aliphatic heterocycles. The Balaban J connectivity index is 2.09. The molecule has 1 unspecified atom stereocenters. The zero-order chi connectivity index (χ0) is 14.8. The van der Waals surface area contributed by atoms with E-state index in [0.29, 0.717) is 0 Å². The number of para-hydroxylation sites is 2. The third-order valence-corrected chi connectivity index (χ3v) is 6.08. The van der Waals surface area contributed by atoms with Gasteiger partial charge in [0.2, 0.25) is 0 Å². The molecular formula is C17H18BrNOS. The van der Waals surface area contributed by atoms with Crippen LogP contribution in [0.2, 0.25) is 0 Å². The predicted octanol–water partition coefficient (Wildman–Crippen LogP) is 5.22. The van der Waals surface area contributed by atoms with E-state index in [1.54, 1.807) is 0 Å². The van der Waals surface area contributed by atoms with Crippen molar-refractivity contribution >= 4 is 38.5 Å². The molecule has 110 valence electrons. The first-order valence-corrected chi connectivity index (χ1v) is 9.33. The first-order chi connectivity index (χ1) is 10.2. The topological polar surface area (TPSA) is 26.3 Å². The molecule has 0 saturated carbocycles. The van der Waals surface area contributed by atoms with Gasteiger partial charge in [-0.1, -0.05) is 60.0 Å². The van der Waals surface area contributed by atoms with Crippen LogP contribution in [0.1, 0.15) is 26.2 Å². The quantitative estimate of drug-likeness (QED) is 0.423. The van der Waals surface area contributed by atoms with Gasteiger partial charge in [0, 0.05) is 11.2 Å². The molecule has 1 atom stereocenters. The van der Waals surface area contributed by atoms with Gasteiger partial charge in [0.1, 0.15) is 0 Å². The van der Waals surface area contributed by atoms with E-state index >= 15 is 0 Å². The van der Waals surface area contributed by atoms with Gasteiger partial charge < -0.3 is 9.45 Å². The number of benzene rings is 2. The number of rotatable bonds is 4. The van der Waals surface area contributed by atoms with Crippen molar-refractivity contribution in [1.82, 2.24) is 0 Å². The van der Waals surface area contributed by atoms with E-state index in [1.807, 2.05) is 36.4 Å². The van der Waals surface area contributed by atoms with Crippen molar-refractivity contribution in [1.29, 1.82) is 0 Å². The summed E-state index contributed by atoms with van der Waals surface area (Å²) >= 11 is 2.73. The Morgan fingerprint density at radius 1 is 1.05 bits per heavy atom. The highest BCUT2D eigenvalue weighted by Gasteiger charge is 2.35. The zero-order valence-electron chi connectivity index (χ0n) is 12.0. The van der Waals surface area contributed by atoms with Crippen LogP contribution in [0, 0.1) is 0 Å². The molecule has 0 amide bonds. The van der Waals surface area contributed by atoms with E-state index < -0.39 is 11.2 Å². The average molecular weight is 364 g/mol. The summed E-state index contributed by atoms with van der Waals surface area (Å²) in [7, 11) is 0. The number of anilines is 2. The number of hydrogen-bond donors (Lipinski definition) is 0. The maximum Gasteiger partial charge on any atom is 0.182 e.